The van der Waals surface area contributed by atoms with E-state index in [0.29, 0.717) is 18.1 Å². The van der Waals surface area contributed by atoms with Crippen molar-refractivity contribution in [1.82, 2.24) is 25.8 Å². The summed E-state index contributed by atoms with van der Waals surface area (Å²) in [6.45, 7) is 4.82. The predicted octanol–water partition coefficient (Wildman–Crippen LogP) is 1.94. The van der Waals surface area contributed by atoms with Crippen molar-refractivity contribution in [2.45, 2.75) is 32.7 Å². The molecule has 1 amide bonds. The van der Waals surface area contributed by atoms with Gasteiger partial charge in [0.1, 0.15) is 6.04 Å². The summed E-state index contributed by atoms with van der Waals surface area (Å²) >= 11 is 0. The van der Waals surface area contributed by atoms with Gasteiger partial charge in [0.15, 0.2) is 0 Å². The Bertz CT molecular complexity index is 612. The van der Waals surface area contributed by atoms with Crippen molar-refractivity contribution in [3.05, 3.63) is 30.4 Å². The molecule has 0 bridgehead atoms. The molecule has 0 aliphatic heterocycles. The highest BCUT2D eigenvalue weighted by atomic mass is 16.5. The van der Waals surface area contributed by atoms with Crippen LogP contribution in [0.2, 0.25) is 0 Å². The number of aromatic nitrogens is 3. The molecule has 0 aromatic carbocycles. The van der Waals surface area contributed by atoms with Gasteiger partial charge < -0.3 is 15.2 Å². The van der Waals surface area contributed by atoms with Crippen LogP contribution in [-0.4, -0.2) is 34.6 Å². The van der Waals surface area contributed by atoms with E-state index in [4.69, 9.17) is 4.52 Å². The van der Waals surface area contributed by atoms with Crippen LogP contribution in [0.3, 0.4) is 0 Å². The molecular formula is C16H23N5O2. The maximum atomic E-state index is 12.0. The second-order valence-corrected chi connectivity index (χ2v) is 5.69. The highest BCUT2D eigenvalue weighted by Gasteiger charge is 2.24. The molecule has 2 N–H and O–H groups in total. The van der Waals surface area contributed by atoms with Gasteiger partial charge in [-0.1, -0.05) is 19.0 Å². The smallest absolute Gasteiger partial charge is 0.249 e. The standard InChI is InChI=1S/C16H23N5O2/c1-11(2)14(19-13(22)7-5-8-17-3)16-20-15(21-23-16)12-6-4-9-18-10-12/h4,6,9-11,14,17H,5,7-8H2,1-3H3,(H,19,22). The number of hydrogen-bond donors (Lipinski definition) is 2. The van der Waals surface area contributed by atoms with Crippen LogP contribution >= 0.6 is 0 Å². The van der Waals surface area contributed by atoms with Gasteiger partial charge in [-0.2, -0.15) is 4.98 Å². The lowest BCUT2D eigenvalue weighted by molar-refractivity contribution is -0.122. The summed E-state index contributed by atoms with van der Waals surface area (Å²) < 4.78 is 5.35. The Morgan fingerprint density at radius 1 is 1.39 bits per heavy atom. The van der Waals surface area contributed by atoms with Gasteiger partial charge in [-0.25, -0.2) is 0 Å². The Morgan fingerprint density at radius 2 is 2.22 bits per heavy atom. The molecule has 0 aliphatic rings. The third-order valence-electron chi connectivity index (χ3n) is 3.44. The Kier molecular flexibility index (Phi) is 6.22. The van der Waals surface area contributed by atoms with Crippen LogP contribution in [0.4, 0.5) is 0 Å². The summed E-state index contributed by atoms with van der Waals surface area (Å²) in [5.74, 6) is 1.02. The third-order valence-corrected chi connectivity index (χ3v) is 3.44. The van der Waals surface area contributed by atoms with E-state index >= 15 is 0 Å². The quantitative estimate of drug-likeness (QED) is 0.723. The fraction of sp³-hybridized carbons (Fsp3) is 0.500. The zero-order valence-electron chi connectivity index (χ0n) is 13.7. The zero-order valence-corrected chi connectivity index (χ0v) is 13.7. The second-order valence-electron chi connectivity index (χ2n) is 5.69. The van der Waals surface area contributed by atoms with E-state index in [1.54, 1.807) is 12.4 Å². The maximum absolute atomic E-state index is 12.0. The summed E-state index contributed by atoms with van der Waals surface area (Å²) in [6, 6.07) is 3.38. The lowest BCUT2D eigenvalue weighted by Crippen LogP contribution is -2.32. The number of nitrogens with zero attached hydrogens (tertiary/aromatic N) is 3. The average Bonchev–Trinajstić information content (AvgIpc) is 3.03. The van der Waals surface area contributed by atoms with Gasteiger partial charge in [0.05, 0.1) is 0 Å². The first-order valence-electron chi connectivity index (χ1n) is 7.79. The highest BCUT2D eigenvalue weighted by molar-refractivity contribution is 5.76. The SMILES string of the molecule is CNCCCC(=O)NC(c1nc(-c2cccnc2)no1)C(C)C. The summed E-state index contributed by atoms with van der Waals surface area (Å²) in [7, 11) is 1.87. The van der Waals surface area contributed by atoms with Gasteiger partial charge in [0, 0.05) is 24.4 Å². The summed E-state index contributed by atoms with van der Waals surface area (Å²) in [5.41, 5.74) is 0.783. The molecule has 23 heavy (non-hydrogen) atoms. The van der Waals surface area contributed by atoms with Gasteiger partial charge in [0.2, 0.25) is 17.6 Å². The average molecular weight is 317 g/mol. The largest absolute Gasteiger partial charge is 0.344 e. The Labute approximate surface area is 135 Å². The fourth-order valence-electron chi connectivity index (χ4n) is 2.16. The first-order chi connectivity index (χ1) is 11.1. The van der Waals surface area contributed by atoms with E-state index in [1.807, 2.05) is 33.0 Å². The van der Waals surface area contributed by atoms with E-state index in [9.17, 15) is 4.79 Å². The molecule has 2 heterocycles. The molecule has 0 fully saturated rings. The number of amides is 1. The Hall–Kier alpha value is -2.28. The van der Waals surface area contributed by atoms with Crippen LogP contribution in [0.1, 0.15) is 38.6 Å². The van der Waals surface area contributed by atoms with Crippen LogP contribution in [0.5, 0.6) is 0 Å². The van der Waals surface area contributed by atoms with Gasteiger partial charge in [-0.05, 0) is 38.1 Å². The van der Waals surface area contributed by atoms with Crippen molar-refractivity contribution >= 4 is 5.91 Å². The molecule has 7 nitrogen and oxygen atoms in total. The van der Waals surface area contributed by atoms with Crippen molar-refractivity contribution in [1.29, 1.82) is 0 Å². The molecule has 7 heteroatoms. The summed E-state index contributed by atoms with van der Waals surface area (Å²) in [4.78, 5) is 20.5. The Balaban J connectivity index is 2.06. The van der Waals surface area contributed by atoms with Crippen molar-refractivity contribution in [2.75, 3.05) is 13.6 Å². The summed E-state index contributed by atoms with van der Waals surface area (Å²) in [6.07, 6.45) is 4.62. The first kappa shape index (κ1) is 17.1. The van der Waals surface area contributed by atoms with Crippen molar-refractivity contribution in [2.24, 2.45) is 5.92 Å². The van der Waals surface area contributed by atoms with E-state index in [1.165, 1.54) is 0 Å². The molecule has 0 spiro atoms. The zero-order chi connectivity index (χ0) is 16.7. The minimum absolute atomic E-state index is 0.0138. The van der Waals surface area contributed by atoms with Crippen LogP contribution in [0, 0.1) is 5.92 Å². The lowest BCUT2D eigenvalue weighted by atomic mass is 10.0. The highest BCUT2D eigenvalue weighted by Crippen LogP contribution is 2.23. The monoisotopic (exact) mass is 317 g/mol. The molecule has 0 aliphatic carbocycles. The first-order valence-corrected chi connectivity index (χ1v) is 7.79. The molecule has 0 saturated carbocycles. The van der Waals surface area contributed by atoms with Crippen molar-refractivity contribution in [3.8, 4) is 11.4 Å². The van der Waals surface area contributed by atoms with Gasteiger partial charge in [-0.3, -0.25) is 9.78 Å². The molecule has 0 saturated heterocycles. The topological polar surface area (TPSA) is 92.9 Å². The number of pyridine rings is 1. The number of hydrogen-bond acceptors (Lipinski definition) is 6. The van der Waals surface area contributed by atoms with Crippen LogP contribution in [-0.2, 0) is 4.79 Å². The van der Waals surface area contributed by atoms with E-state index in [2.05, 4.69) is 25.8 Å². The fourth-order valence-corrected chi connectivity index (χ4v) is 2.16. The van der Waals surface area contributed by atoms with Crippen LogP contribution in [0.15, 0.2) is 29.0 Å². The number of rotatable bonds is 8. The molecule has 1 unspecified atom stereocenters. The summed E-state index contributed by atoms with van der Waals surface area (Å²) in [5, 5.41) is 9.99. The lowest BCUT2D eigenvalue weighted by Gasteiger charge is -2.18. The predicted molar refractivity (Wildman–Crippen MR) is 86.4 cm³/mol. The second kappa shape index (κ2) is 8.38. The molecule has 2 aromatic heterocycles. The van der Waals surface area contributed by atoms with Crippen LogP contribution < -0.4 is 10.6 Å². The molecule has 1 atom stereocenters. The minimum Gasteiger partial charge on any atom is -0.344 e. The van der Waals surface area contributed by atoms with E-state index in [0.717, 1.165) is 18.5 Å². The minimum atomic E-state index is -0.296. The van der Waals surface area contributed by atoms with Crippen LogP contribution in [0.25, 0.3) is 11.4 Å². The van der Waals surface area contributed by atoms with Gasteiger partial charge >= 0.3 is 0 Å². The van der Waals surface area contributed by atoms with E-state index in [-0.39, 0.29) is 17.9 Å². The number of carbonyl (C=O) groups excluding carboxylic acids is 1. The third kappa shape index (κ3) is 4.85. The molecular weight excluding hydrogens is 294 g/mol. The normalized spacial score (nSPS) is 12.3. The molecule has 0 radical (unpaired) electrons. The van der Waals surface area contributed by atoms with Crippen molar-refractivity contribution in [3.63, 3.8) is 0 Å². The number of nitrogens with one attached hydrogen (secondary N) is 2. The number of carbonyl (C=O) groups is 1. The Morgan fingerprint density at radius 3 is 2.87 bits per heavy atom. The van der Waals surface area contributed by atoms with E-state index < -0.39 is 0 Å². The van der Waals surface area contributed by atoms with Gasteiger partial charge in [0.25, 0.3) is 0 Å². The molecule has 2 rings (SSSR count). The molecule has 2 aromatic rings. The molecule has 124 valence electrons. The maximum Gasteiger partial charge on any atom is 0.249 e. The van der Waals surface area contributed by atoms with Gasteiger partial charge in [-0.15, -0.1) is 0 Å². The van der Waals surface area contributed by atoms with Crippen molar-refractivity contribution < 1.29 is 9.32 Å².